The van der Waals surface area contributed by atoms with Gasteiger partial charge in [0.1, 0.15) is 22.7 Å². The summed E-state index contributed by atoms with van der Waals surface area (Å²) in [5, 5.41) is 3.94. The van der Waals surface area contributed by atoms with Gasteiger partial charge in [-0.2, -0.15) is 0 Å². The van der Waals surface area contributed by atoms with Crippen LogP contribution in [-0.2, 0) is 17.6 Å². The van der Waals surface area contributed by atoms with Gasteiger partial charge in [0.15, 0.2) is 6.61 Å². The summed E-state index contributed by atoms with van der Waals surface area (Å²) in [7, 11) is 0. The third kappa shape index (κ3) is 5.82. The van der Waals surface area contributed by atoms with Gasteiger partial charge in [-0.1, -0.05) is 19.8 Å². The first-order valence-electron chi connectivity index (χ1n) is 14.3. The van der Waals surface area contributed by atoms with Gasteiger partial charge in [0.05, 0.1) is 5.39 Å². The SMILES string of the molecule is CCCCc1cc(=O)oc2c3c(cc(OCC(=O)NCC4CCCN5CCCCC45)c12)OC(C)(C)CC3. The fraction of sp³-hybridized carbons (Fsp3) is 0.667. The molecule has 1 amide bonds. The molecule has 1 aromatic heterocycles. The number of carbonyl (C=O) groups excluding carboxylic acids is 1. The van der Waals surface area contributed by atoms with Gasteiger partial charge in [0, 0.05) is 30.3 Å². The van der Waals surface area contributed by atoms with Gasteiger partial charge >= 0.3 is 5.63 Å². The lowest BCUT2D eigenvalue weighted by atomic mass is 9.83. The second-order valence-corrected chi connectivity index (χ2v) is 11.7. The summed E-state index contributed by atoms with van der Waals surface area (Å²) in [5.41, 5.74) is 1.70. The molecule has 2 aromatic rings. The minimum atomic E-state index is -0.357. The van der Waals surface area contributed by atoms with E-state index in [1.807, 2.05) is 6.07 Å². The number of rotatable bonds is 8. The number of aryl methyl sites for hydroxylation is 2. The van der Waals surface area contributed by atoms with Crippen LogP contribution in [0.4, 0.5) is 0 Å². The molecule has 0 spiro atoms. The normalized spacial score (nSPS) is 23.1. The zero-order chi connectivity index (χ0) is 26.0. The summed E-state index contributed by atoms with van der Waals surface area (Å²) in [6, 6.07) is 4.06. The summed E-state index contributed by atoms with van der Waals surface area (Å²) in [4.78, 5) is 28.0. The Labute approximate surface area is 219 Å². The first-order valence-corrected chi connectivity index (χ1v) is 14.3. The number of piperidine rings is 2. The molecule has 5 rings (SSSR count). The molecular formula is C30H42N2O5. The maximum Gasteiger partial charge on any atom is 0.336 e. The lowest BCUT2D eigenvalue weighted by molar-refractivity contribution is -0.123. The number of amides is 1. The van der Waals surface area contributed by atoms with Crippen molar-refractivity contribution in [2.24, 2.45) is 5.92 Å². The number of hydrogen-bond acceptors (Lipinski definition) is 6. The molecule has 1 N–H and O–H groups in total. The Morgan fingerprint density at radius 1 is 1.19 bits per heavy atom. The lowest BCUT2D eigenvalue weighted by Gasteiger charge is -2.44. The number of benzene rings is 1. The maximum atomic E-state index is 12.9. The fourth-order valence-electron chi connectivity index (χ4n) is 6.45. The van der Waals surface area contributed by atoms with Gasteiger partial charge in [-0.15, -0.1) is 0 Å². The van der Waals surface area contributed by atoms with Crippen molar-refractivity contribution >= 4 is 16.9 Å². The van der Waals surface area contributed by atoms with E-state index in [-0.39, 0.29) is 23.7 Å². The standard InChI is InChI=1S/C30H42N2O5/c1-4-5-9-20-16-27(34)36-29-22-12-13-30(2,3)37-24(22)17-25(28(20)29)35-19-26(33)31-18-21-10-8-15-32-14-7-6-11-23(21)32/h16-17,21,23H,4-15,18-19H2,1-3H3,(H,31,33). The van der Waals surface area contributed by atoms with E-state index < -0.39 is 0 Å². The molecule has 0 aliphatic carbocycles. The van der Waals surface area contributed by atoms with E-state index in [1.54, 1.807) is 6.07 Å². The number of unbranched alkanes of at least 4 members (excludes halogenated alkanes) is 1. The Kier molecular flexibility index (Phi) is 7.80. The Morgan fingerprint density at radius 3 is 2.86 bits per heavy atom. The molecule has 2 saturated heterocycles. The van der Waals surface area contributed by atoms with Gasteiger partial charge in [0.2, 0.25) is 0 Å². The molecule has 0 bridgehead atoms. The van der Waals surface area contributed by atoms with Crippen molar-refractivity contribution in [3.63, 3.8) is 0 Å². The van der Waals surface area contributed by atoms with Gasteiger partial charge in [-0.3, -0.25) is 4.79 Å². The summed E-state index contributed by atoms with van der Waals surface area (Å²) in [5.74, 6) is 1.61. The number of nitrogens with zero attached hydrogens (tertiary/aromatic N) is 1. The van der Waals surface area contributed by atoms with Crippen LogP contribution >= 0.6 is 0 Å². The van der Waals surface area contributed by atoms with Crippen LogP contribution in [0.1, 0.15) is 83.3 Å². The van der Waals surface area contributed by atoms with E-state index in [2.05, 4.69) is 31.0 Å². The molecular weight excluding hydrogens is 468 g/mol. The molecule has 7 heteroatoms. The third-order valence-corrected chi connectivity index (χ3v) is 8.43. The molecule has 2 atom stereocenters. The lowest BCUT2D eigenvalue weighted by Crippen LogP contribution is -2.51. The summed E-state index contributed by atoms with van der Waals surface area (Å²) >= 11 is 0. The first kappa shape index (κ1) is 26.1. The molecule has 2 fully saturated rings. The Bertz CT molecular complexity index is 1180. The minimum absolute atomic E-state index is 0.0786. The van der Waals surface area contributed by atoms with Crippen molar-refractivity contribution in [3.8, 4) is 11.5 Å². The second-order valence-electron chi connectivity index (χ2n) is 11.7. The molecule has 2 unspecified atom stereocenters. The molecule has 3 aliphatic rings. The van der Waals surface area contributed by atoms with Gasteiger partial charge in [0.25, 0.3) is 5.91 Å². The van der Waals surface area contributed by atoms with E-state index >= 15 is 0 Å². The quantitative estimate of drug-likeness (QED) is 0.504. The van der Waals surface area contributed by atoms with Crippen LogP contribution in [-0.4, -0.2) is 48.7 Å². The van der Waals surface area contributed by atoms with Crippen LogP contribution in [0.3, 0.4) is 0 Å². The zero-order valence-electron chi connectivity index (χ0n) is 22.7. The number of fused-ring (bicyclic) bond motifs is 4. The van der Waals surface area contributed by atoms with Crippen LogP contribution < -0.4 is 20.4 Å². The smallest absolute Gasteiger partial charge is 0.336 e. The molecule has 4 heterocycles. The second kappa shape index (κ2) is 11.1. The Balaban J connectivity index is 1.35. The minimum Gasteiger partial charge on any atom is -0.487 e. The van der Waals surface area contributed by atoms with Gasteiger partial charge < -0.3 is 24.1 Å². The summed E-state index contributed by atoms with van der Waals surface area (Å²) in [6.07, 6.45) is 10.5. The highest BCUT2D eigenvalue weighted by molar-refractivity contribution is 5.92. The highest BCUT2D eigenvalue weighted by atomic mass is 16.5. The van der Waals surface area contributed by atoms with Crippen molar-refractivity contribution < 1.29 is 18.7 Å². The van der Waals surface area contributed by atoms with E-state index in [0.717, 1.165) is 48.6 Å². The van der Waals surface area contributed by atoms with E-state index in [0.29, 0.717) is 35.6 Å². The molecule has 202 valence electrons. The number of carbonyl (C=O) groups is 1. The average molecular weight is 511 g/mol. The van der Waals surface area contributed by atoms with Crippen LogP contribution in [0, 0.1) is 5.92 Å². The molecule has 3 aliphatic heterocycles. The highest BCUT2D eigenvalue weighted by Gasteiger charge is 2.33. The monoisotopic (exact) mass is 510 g/mol. The maximum absolute atomic E-state index is 12.9. The van der Waals surface area contributed by atoms with Crippen molar-refractivity contribution in [3.05, 3.63) is 33.7 Å². The van der Waals surface area contributed by atoms with E-state index in [4.69, 9.17) is 13.9 Å². The van der Waals surface area contributed by atoms with Crippen molar-refractivity contribution in [2.75, 3.05) is 26.2 Å². The Morgan fingerprint density at radius 2 is 2.03 bits per heavy atom. The topological polar surface area (TPSA) is 81.0 Å². The van der Waals surface area contributed by atoms with Crippen LogP contribution in [0.25, 0.3) is 11.0 Å². The Hall–Kier alpha value is -2.54. The van der Waals surface area contributed by atoms with Crippen molar-refractivity contribution in [1.29, 1.82) is 0 Å². The van der Waals surface area contributed by atoms with Crippen LogP contribution in [0.5, 0.6) is 11.5 Å². The number of hydrogen-bond donors (Lipinski definition) is 1. The van der Waals surface area contributed by atoms with Gasteiger partial charge in [-0.25, -0.2) is 4.79 Å². The summed E-state index contributed by atoms with van der Waals surface area (Å²) in [6.45, 7) is 9.25. The molecule has 7 nitrogen and oxygen atoms in total. The van der Waals surface area contributed by atoms with Crippen molar-refractivity contribution in [1.82, 2.24) is 10.2 Å². The zero-order valence-corrected chi connectivity index (χ0v) is 22.7. The number of ether oxygens (including phenoxy) is 2. The van der Waals surface area contributed by atoms with Crippen molar-refractivity contribution in [2.45, 2.75) is 96.6 Å². The molecule has 0 saturated carbocycles. The van der Waals surface area contributed by atoms with E-state index in [1.165, 1.54) is 45.2 Å². The first-order chi connectivity index (χ1) is 17.8. The van der Waals surface area contributed by atoms with Gasteiger partial charge in [-0.05, 0) is 89.8 Å². The predicted octanol–water partition coefficient (Wildman–Crippen LogP) is 5.00. The summed E-state index contributed by atoms with van der Waals surface area (Å²) < 4.78 is 18.2. The predicted molar refractivity (Wildman–Crippen MR) is 145 cm³/mol. The molecule has 37 heavy (non-hydrogen) atoms. The van der Waals surface area contributed by atoms with Crippen LogP contribution in [0.15, 0.2) is 21.3 Å². The highest BCUT2D eigenvalue weighted by Crippen LogP contribution is 2.43. The number of nitrogens with one attached hydrogen (secondary N) is 1. The molecule has 1 aromatic carbocycles. The largest absolute Gasteiger partial charge is 0.487 e. The molecule has 0 radical (unpaired) electrons. The van der Waals surface area contributed by atoms with E-state index in [9.17, 15) is 9.59 Å². The average Bonchev–Trinajstić information content (AvgIpc) is 2.88. The van der Waals surface area contributed by atoms with Crippen LogP contribution in [0.2, 0.25) is 0 Å². The fourth-order valence-corrected chi connectivity index (χ4v) is 6.45. The third-order valence-electron chi connectivity index (χ3n) is 8.43.